The molecular weight excluding hydrogens is 314 g/mol. The van der Waals surface area contributed by atoms with E-state index in [1.807, 2.05) is 6.92 Å². The van der Waals surface area contributed by atoms with Crippen molar-refractivity contribution in [2.45, 2.75) is 38.6 Å². The maximum atomic E-state index is 12.2. The van der Waals surface area contributed by atoms with Crippen LogP contribution in [0.1, 0.15) is 42.2 Å². The Morgan fingerprint density at radius 2 is 2.19 bits per heavy atom. The van der Waals surface area contributed by atoms with E-state index in [0.717, 1.165) is 11.4 Å². The summed E-state index contributed by atoms with van der Waals surface area (Å²) in [6.07, 6.45) is 1.90. The second kappa shape index (κ2) is 8.96. The molecule has 0 aliphatic heterocycles. The van der Waals surface area contributed by atoms with E-state index in [4.69, 9.17) is 10.5 Å². The quantitative estimate of drug-likeness (QED) is 0.737. The van der Waals surface area contributed by atoms with Crippen molar-refractivity contribution in [1.29, 1.82) is 0 Å². The number of carbonyl (C=O) groups is 2. The minimum Gasteiger partial charge on any atom is -0.467 e. The zero-order valence-electron chi connectivity index (χ0n) is 12.5. The SMILES string of the molecule is CCCC(C)(NC(=O)c1csc(CCN)n1)C(=O)OC.Cl. The molecule has 0 aliphatic carbocycles. The summed E-state index contributed by atoms with van der Waals surface area (Å²) in [6, 6.07) is 0. The number of nitrogens with two attached hydrogens (primary N) is 1. The Kier molecular flexibility index (Phi) is 8.46. The van der Waals surface area contributed by atoms with Crippen molar-refractivity contribution in [3.8, 4) is 0 Å². The predicted molar refractivity (Wildman–Crippen MR) is 84.9 cm³/mol. The Morgan fingerprint density at radius 1 is 1.52 bits per heavy atom. The van der Waals surface area contributed by atoms with Gasteiger partial charge in [-0.2, -0.15) is 0 Å². The summed E-state index contributed by atoms with van der Waals surface area (Å²) in [7, 11) is 1.31. The lowest BCUT2D eigenvalue weighted by molar-refractivity contribution is -0.147. The first kappa shape index (κ1) is 19.8. The fourth-order valence-corrected chi connectivity index (χ4v) is 2.70. The van der Waals surface area contributed by atoms with Crippen LogP contribution in [-0.2, 0) is 16.0 Å². The van der Waals surface area contributed by atoms with Crippen LogP contribution >= 0.6 is 23.7 Å². The molecule has 0 bridgehead atoms. The van der Waals surface area contributed by atoms with Crippen LogP contribution in [0.5, 0.6) is 0 Å². The van der Waals surface area contributed by atoms with Crippen LogP contribution in [0.25, 0.3) is 0 Å². The lowest BCUT2D eigenvalue weighted by atomic mass is 9.96. The summed E-state index contributed by atoms with van der Waals surface area (Å²) in [6.45, 7) is 4.09. The standard InChI is InChI=1S/C13H21N3O3S.ClH/c1-4-6-13(2,12(18)19-3)16-11(17)9-8-20-10(15-9)5-7-14;/h8H,4-7,14H2,1-3H3,(H,16,17);1H. The third-order valence-electron chi connectivity index (χ3n) is 2.92. The number of carbonyl (C=O) groups excluding carboxylic acids is 2. The van der Waals surface area contributed by atoms with E-state index in [9.17, 15) is 9.59 Å². The average molecular weight is 336 g/mol. The molecule has 21 heavy (non-hydrogen) atoms. The molecule has 1 rings (SSSR count). The molecule has 0 fully saturated rings. The molecule has 1 unspecified atom stereocenters. The number of rotatable bonds is 7. The Labute approximate surface area is 134 Å². The zero-order chi connectivity index (χ0) is 15.2. The molecule has 120 valence electrons. The fraction of sp³-hybridized carbons (Fsp3) is 0.615. The number of nitrogens with zero attached hydrogens (tertiary/aromatic N) is 1. The van der Waals surface area contributed by atoms with Crippen LogP contribution < -0.4 is 11.1 Å². The molecule has 0 aliphatic rings. The summed E-state index contributed by atoms with van der Waals surface area (Å²) >= 11 is 1.39. The maximum absolute atomic E-state index is 12.2. The Hall–Kier alpha value is -1.18. The number of halogens is 1. The average Bonchev–Trinajstić information content (AvgIpc) is 2.87. The summed E-state index contributed by atoms with van der Waals surface area (Å²) in [4.78, 5) is 28.2. The third-order valence-corrected chi connectivity index (χ3v) is 3.83. The molecule has 0 saturated carbocycles. The highest BCUT2D eigenvalue weighted by molar-refractivity contribution is 7.09. The van der Waals surface area contributed by atoms with Crippen molar-refractivity contribution in [3.05, 3.63) is 16.1 Å². The number of hydrogen-bond donors (Lipinski definition) is 2. The van der Waals surface area contributed by atoms with Crippen LogP contribution in [0.15, 0.2) is 5.38 Å². The van der Waals surface area contributed by atoms with Gasteiger partial charge in [-0.05, 0) is 19.9 Å². The number of amides is 1. The van der Waals surface area contributed by atoms with Gasteiger partial charge in [-0.3, -0.25) is 4.79 Å². The Morgan fingerprint density at radius 3 is 2.71 bits per heavy atom. The van der Waals surface area contributed by atoms with Gasteiger partial charge in [0.2, 0.25) is 0 Å². The van der Waals surface area contributed by atoms with Gasteiger partial charge in [0.05, 0.1) is 12.1 Å². The third kappa shape index (κ3) is 5.26. The van der Waals surface area contributed by atoms with Gasteiger partial charge in [0, 0.05) is 11.8 Å². The molecule has 8 heteroatoms. The predicted octanol–water partition coefficient (Wildman–Crippen LogP) is 1.53. The number of methoxy groups -OCH3 is 1. The first-order chi connectivity index (χ1) is 9.46. The van der Waals surface area contributed by atoms with Crippen molar-refractivity contribution >= 4 is 35.6 Å². The smallest absolute Gasteiger partial charge is 0.331 e. The largest absolute Gasteiger partial charge is 0.467 e. The van der Waals surface area contributed by atoms with E-state index >= 15 is 0 Å². The summed E-state index contributed by atoms with van der Waals surface area (Å²) < 4.78 is 4.76. The number of ether oxygens (including phenoxy) is 1. The second-order valence-electron chi connectivity index (χ2n) is 4.69. The number of esters is 1. The number of hydrogen-bond acceptors (Lipinski definition) is 6. The lowest BCUT2D eigenvalue weighted by Crippen LogP contribution is -2.52. The van der Waals surface area contributed by atoms with Gasteiger partial charge in [0.1, 0.15) is 11.2 Å². The van der Waals surface area contributed by atoms with Crippen molar-refractivity contribution in [2.75, 3.05) is 13.7 Å². The second-order valence-corrected chi connectivity index (χ2v) is 5.64. The molecule has 0 aromatic carbocycles. The van der Waals surface area contributed by atoms with Gasteiger partial charge in [-0.1, -0.05) is 13.3 Å². The van der Waals surface area contributed by atoms with E-state index in [-0.39, 0.29) is 18.3 Å². The van der Waals surface area contributed by atoms with E-state index in [2.05, 4.69) is 10.3 Å². The van der Waals surface area contributed by atoms with Gasteiger partial charge in [0.15, 0.2) is 0 Å². The number of aromatic nitrogens is 1. The van der Waals surface area contributed by atoms with Crippen molar-refractivity contribution in [1.82, 2.24) is 10.3 Å². The zero-order valence-corrected chi connectivity index (χ0v) is 14.1. The normalized spacial score (nSPS) is 13.0. The van der Waals surface area contributed by atoms with Crippen molar-refractivity contribution < 1.29 is 14.3 Å². The summed E-state index contributed by atoms with van der Waals surface area (Å²) in [5, 5.41) is 5.20. The Balaban J connectivity index is 0.00000400. The van der Waals surface area contributed by atoms with Crippen LogP contribution in [0.2, 0.25) is 0 Å². The minimum atomic E-state index is -1.03. The van der Waals surface area contributed by atoms with Gasteiger partial charge >= 0.3 is 5.97 Å². The molecule has 6 nitrogen and oxygen atoms in total. The molecule has 1 amide bonds. The molecule has 0 radical (unpaired) electrons. The number of thiazole rings is 1. The van der Waals surface area contributed by atoms with E-state index in [1.165, 1.54) is 18.4 Å². The van der Waals surface area contributed by atoms with Crippen molar-refractivity contribution in [2.24, 2.45) is 5.73 Å². The minimum absolute atomic E-state index is 0. The molecule has 1 aromatic rings. The first-order valence-electron chi connectivity index (χ1n) is 6.52. The molecule has 0 saturated heterocycles. The van der Waals surface area contributed by atoms with Crippen LogP contribution in [0.3, 0.4) is 0 Å². The molecule has 0 spiro atoms. The van der Waals surface area contributed by atoms with E-state index in [1.54, 1.807) is 12.3 Å². The van der Waals surface area contributed by atoms with Gasteiger partial charge in [-0.25, -0.2) is 9.78 Å². The highest BCUT2D eigenvalue weighted by atomic mass is 35.5. The van der Waals surface area contributed by atoms with Crippen LogP contribution in [0.4, 0.5) is 0 Å². The maximum Gasteiger partial charge on any atom is 0.331 e. The summed E-state index contributed by atoms with van der Waals surface area (Å²) in [5.74, 6) is -0.823. The molecule has 1 aromatic heterocycles. The van der Waals surface area contributed by atoms with E-state index in [0.29, 0.717) is 25.1 Å². The van der Waals surface area contributed by atoms with Gasteiger partial charge in [0.25, 0.3) is 5.91 Å². The molecule has 1 atom stereocenters. The molecule has 1 heterocycles. The van der Waals surface area contributed by atoms with Gasteiger partial charge < -0.3 is 15.8 Å². The van der Waals surface area contributed by atoms with Crippen molar-refractivity contribution in [3.63, 3.8) is 0 Å². The Bertz CT molecular complexity index is 481. The van der Waals surface area contributed by atoms with E-state index < -0.39 is 11.5 Å². The molecule has 3 N–H and O–H groups in total. The lowest BCUT2D eigenvalue weighted by Gasteiger charge is -2.27. The van der Waals surface area contributed by atoms with Crippen LogP contribution in [-0.4, -0.2) is 36.1 Å². The van der Waals surface area contributed by atoms with Gasteiger partial charge in [-0.15, -0.1) is 23.7 Å². The highest BCUT2D eigenvalue weighted by Crippen LogP contribution is 2.16. The monoisotopic (exact) mass is 335 g/mol. The van der Waals surface area contributed by atoms with Crippen LogP contribution in [0, 0.1) is 0 Å². The fourth-order valence-electron chi connectivity index (χ4n) is 1.91. The highest BCUT2D eigenvalue weighted by Gasteiger charge is 2.35. The topological polar surface area (TPSA) is 94.3 Å². The summed E-state index contributed by atoms with van der Waals surface area (Å²) in [5.41, 5.74) is 4.73. The first-order valence-corrected chi connectivity index (χ1v) is 7.40. The molecular formula is C13H22ClN3O3S. The number of nitrogens with one attached hydrogen (secondary N) is 1.